The molecule has 1 aromatic heterocycles. The van der Waals surface area contributed by atoms with Gasteiger partial charge in [-0.15, -0.1) is 0 Å². The second-order valence-electron chi connectivity index (χ2n) is 8.73. The highest BCUT2D eigenvalue weighted by atomic mass is 16.5. The number of esters is 1. The Balaban J connectivity index is 2.19. The van der Waals surface area contributed by atoms with Crippen LogP contribution in [0.1, 0.15) is 58.4 Å². The SMILES string of the molecule is CCCCCNC(=O)[C@H](Cc1c[nH]c2ccccc12)NC(=O)C(CC(=O)OC)CC(C)C. The van der Waals surface area contributed by atoms with Crippen molar-refractivity contribution in [1.29, 1.82) is 0 Å². The summed E-state index contributed by atoms with van der Waals surface area (Å²) >= 11 is 0. The van der Waals surface area contributed by atoms with Crippen LogP contribution in [-0.4, -0.2) is 42.5 Å². The van der Waals surface area contributed by atoms with Crippen molar-refractivity contribution in [1.82, 2.24) is 15.6 Å². The van der Waals surface area contributed by atoms with Gasteiger partial charge in [0.25, 0.3) is 0 Å². The number of nitrogens with one attached hydrogen (secondary N) is 3. The first-order valence-electron chi connectivity index (χ1n) is 11.6. The van der Waals surface area contributed by atoms with Crippen LogP contribution >= 0.6 is 0 Å². The lowest BCUT2D eigenvalue weighted by molar-refractivity contribution is -0.144. The minimum atomic E-state index is -0.726. The molecule has 2 amide bonds. The molecular weight excluding hydrogens is 406 g/mol. The van der Waals surface area contributed by atoms with Gasteiger partial charge in [0.2, 0.25) is 11.8 Å². The highest BCUT2D eigenvalue weighted by molar-refractivity contribution is 5.91. The number of hydrogen-bond donors (Lipinski definition) is 3. The number of H-pyrrole nitrogens is 1. The van der Waals surface area contributed by atoms with Gasteiger partial charge in [0.1, 0.15) is 6.04 Å². The van der Waals surface area contributed by atoms with Gasteiger partial charge in [-0.25, -0.2) is 0 Å². The van der Waals surface area contributed by atoms with Gasteiger partial charge >= 0.3 is 5.97 Å². The number of hydrogen-bond acceptors (Lipinski definition) is 4. The van der Waals surface area contributed by atoms with Crippen LogP contribution in [0.4, 0.5) is 0 Å². The minimum absolute atomic E-state index is 0.00155. The molecule has 7 heteroatoms. The zero-order chi connectivity index (χ0) is 23.5. The maximum atomic E-state index is 13.1. The first kappa shape index (κ1) is 25.4. The first-order chi connectivity index (χ1) is 15.3. The minimum Gasteiger partial charge on any atom is -0.469 e. The summed E-state index contributed by atoms with van der Waals surface area (Å²) in [5.74, 6) is -1.24. The number of ether oxygens (including phenoxy) is 1. The predicted molar refractivity (Wildman–Crippen MR) is 126 cm³/mol. The Hall–Kier alpha value is -2.83. The van der Waals surface area contributed by atoms with Crippen LogP contribution in [0.5, 0.6) is 0 Å². The molecule has 0 aliphatic carbocycles. The highest BCUT2D eigenvalue weighted by Crippen LogP contribution is 2.21. The van der Waals surface area contributed by atoms with Crippen LogP contribution < -0.4 is 10.6 Å². The van der Waals surface area contributed by atoms with Gasteiger partial charge in [-0.3, -0.25) is 14.4 Å². The van der Waals surface area contributed by atoms with Crippen molar-refractivity contribution in [2.45, 2.75) is 65.3 Å². The van der Waals surface area contributed by atoms with Crippen LogP contribution in [0.2, 0.25) is 0 Å². The molecular formula is C25H37N3O4. The summed E-state index contributed by atoms with van der Waals surface area (Å²) in [7, 11) is 1.32. The molecule has 2 aromatic rings. The molecule has 0 aliphatic rings. The van der Waals surface area contributed by atoms with E-state index in [1.165, 1.54) is 7.11 Å². The van der Waals surface area contributed by atoms with E-state index >= 15 is 0 Å². The number of para-hydroxylation sites is 1. The Bertz CT molecular complexity index is 890. The van der Waals surface area contributed by atoms with Gasteiger partial charge in [0.05, 0.1) is 13.5 Å². The van der Waals surface area contributed by atoms with Gasteiger partial charge in [0, 0.05) is 36.0 Å². The summed E-state index contributed by atoms with van der Waals surface area (Å²) in [5, 5.41) is 6.91. The lowest BCUT2D eigenvalue weighted by Gasteiger charge is -2.23. The van der Waals surface area contributed by atoms with Gasteiger partial charge in [-0.1, -0.05) is 51.8 Å². The number of amides is 2. The number of aromatic amines is 1. The van der Waals surface area contributed by atoms with Crippen molar-refractivity contribution >= 4 is 28.7 Å². The normalized spacial score (nSPS) is 13.0. The molecule has 1 aromatic carbocycles. The fourth-order valence-electron chi connectivity index (χ4n) is 3.87. The average Bonchev–Trinajstić information content (AvgIpc) is 3.18. The van der Waals surface area contributed by atoms with Crippen LogP contribution in [0.25, 0.3) is 10.9 Å². The Labute approximate surface area is 190 Å². The largest absolute Gasteiger partial charge is 0.469 e. The smallest absolute Gasteiger partial charge is 0.306 e. The van der Waals surface area contributed by atoms with Crippen LogP contribution in [0.15, 0.2) is 30.5 Å². The molecule has 3 N–H and O–H groups in total. The number of carbonyl (C=O) groups excluding carboxylic acids is 3. The van der Waals surface area contributed by atoms with E-state index in [-0.39, 0.29) is 24.2 Å². The number of rotatable bonds is 13. The molecule has 1 unspecified atom stereocenters. The van der Waals surface area contributed by atoms with Gasteiger partial charge in [-0.2, -0.15) is 0 Å². The number of fused-ring (bicyclic) bond motifs is 1. The number of benzene rings is 1. The van der Waals surface area contributed by atoms with E-state index in [1.807, 2.05) is 44.3 Å². The summed E-state index contributed by atoms with van der Waals surface area (Å²) in [4.78, 5) is 41.2. The van der Waals surface area contributed by atoms with E-state index in [1.54, 1.807) is 0 Å². The maximum absolute atomic E-state index is 13.1. The molecule has 0 aliphatic heterocycles. The molecule has 7 nitrogen and oxygen atoms in total. The summed E-state index contributed by atoms with van der Waals surface area (Å²) in [5.41, 5.74) is 1.95. The van der Waals surface area contributed by atoms with Crippen molar-refractivity contribution in [2.24, 2.45) is 11.8 Å². The van der Waals surface area contributed by atoms with Crippen molar-refractivity contribution in [3.8, 4) is 0 Å². The van der Waals surface area contributed by atoms with E-state index in [2.05, 4.69) is 22.5 Å². The summed E-state index contributed by atoms with van der Waals surface area (Å²) in [6, 6.07) is 7.15. The standard InChI is InChI=1S/C25H37N3O4/c1-5-6-9-12-26-25(31)22(14-19-16-27-21-11-8-7-10-20(19)21)28-24(30)18(13-17(2)3)15-23(29)32-4/h7-8,10-11,16-18,22,27H,5-6,9,12-15H2,1-4H3,(H,26,31)(H,28,30)/t18?,22-/m0/s1. The monoisotopic (exact) mass is 443 g/mol. The molecule has 0 saturated heterocycles. The third-order valence-corrected chi connectivity index (χ3v) is 5.58. The molecule has 0 spiro atoms. The van der Waals surface area contributed by atoms with E-state index < -0.39 is 17.9 Å². The lowest BCUT2D eigenvalue weighted by atomic mass is 9.92. The second kappa shape index (κ2) is 12.9. The molecule has 2 atom stereocenters. The quantitative estimate of drug-likeness (QED) is 0.324. The third-order valence-electron chi connectivity index (χ3n) is 5.58. The predicted octanol–water partition coefficient (Wildman–Crippen LogP) is 3.73. The molecule has 176 valence electrons. The number of aromatic nitrogens is 1. The molecule has 2 rings (SSSR count). The van der Waals surface area contributed by atoms with E-state index in [9.17, 15) is 14.4 Å². The number of methoxy groups -OCH3 is 1. The van der Waals surface area contributed by atoms with Crippen LogP contribution in [0, 0.1) is 11.8 Å². The molecule has 0 saturated carbocycles. The third kappa shape index (κ3) is 7.70. The van der Waals surface area contributed by atoms with E-state index in [0.717, 1.165) is 35.7 Å². The Kier molecular flexibility index (Phi) is 10.2. The van der Waals surface area contributed by atoms with Crippen molar-refractivity contribution in [2.75, 3.05) is 13.7 Å². The first-order valence-corrected chi connectivity index (χ1v) is 11.6. The highest BCUT2D eigenvalue weighted by Gasteiger charge is 2.28. The Morgan fingerprint density at radius 2 is 1.84 bits per heavy atom. The maximum Gasteiger partial charge on any atom is 0.306 e. The summed E-state index contributed by atoms with van der Waals surface area (Å²) in [6.07, 6.45) is 5.78. The fourth-order valence-corrected chi connectivity index (χ4v) is 3.87. The van der Waals surface area contributed by atoms with Crippen LogP contribution in [-0.2, 0) is 25.5 Å². The summed E-state index contributed by atoms with van der Waals surface area (Å²) in [6.45, 7) is 6.69. The number of carbonyl (C=O) groups is 3. The average molecular weight is 444 g/mol. The molecule has 0 fully saturated rings. The van der Waals surface area contributed by atoms with Crippen molar-refractivity contribution in [3.63, 3.8) is 0 Å². The molecule has 32 heavy (non-hydrogen) atoms. The molecule has 0 radical (unpaired) electrons. The Morgan fingerprint density at radius 1 is 1.09 bits per heavy atom. The Morgan fingerprint density at radius 3 is 2.53 bits per heavy atom. The van der Waals surface area contributed by atoms with E-state index in [0.29, 0.717) is 19.4 Å². The zero-order valence-corrected chi connectivity index (χ0v) is 19.7. The fraction of sp³-hybridized carbons (Fsp3) is 0.560. The van der Waals surface area contributed by atoms with E-state index in [4.69, 9.17) is 4.74 Å². The molecule has 1 heterocycles. The van der Waals surface area contributed by atoms with Crippen molar-refractivity contribution in [3.05, 3.63) is 36.0 Å². The molecule has 0 bridgehead atoms. The van der Waals surface area contributed by atoms with Gasteiger partial charge < -0.3 is 20.4 Å². The number of unbranched alkanes of at least 4 members (excludes halogenated alkanes) is 2. The van der Waals surface area contributed by atoms with Crippen molar-refractivity contribution < 1.29 is 19.1 Å². The van der Waals surface area contributed by atoms with Gasteiger partial charge in [0.15, 0.2) is 0 Å². The second-order valence-corrected chi connectivity index (χ2v) is 8.73. The van der Waals surface area contributed by atoms with Crippen LogP contribution in [0.3, 0.4) is 0 Å². The summed E-state index contributed by atoms with van der Waals surface area (Å²) < 4.78 is 4.77. The van der Waals surface area contributed by atoms with Gasteiger partial charge in [-0.05, 0) is 30.4 Å². The zero-order valence-electron chi connectivity index (χ0n) is 19.7. The topological polar surface area (TPSA) is 100 Å². The lowest BCUT2D eigenvalue weighted by Crippen LogP contribution is -2.50.